The van der Waals surface area contributed by atoms with Crippen LogP contribution in [0.5, 0.6) is 5.75 Å². The van der Waals surface area contributed by atoms with Crippen LogP contribution in [0.3, 0.4) is 0 Å². The number of benzene rings is 1. The van der Waals surface area contributed by atoms with Crippen LogP contribution in [0.25, 0.3) is 11.3 Å². The number of nitrogens with two attached hydrogens (primary N) is 1. The highest BCUT2D eigenvalue weighted by atomic mass is 16.5. The van der Waals surface area contributed by atoms with Gasteiger partial charge in [0, 0.05) is 19.2 Å². The summed E-state index contributed by atoms with van der Waals surface area (Å²) in [4.78, 5) is 4.46. The van der Waals surface area contributed by atoms with Crippen molar-refractivity contribution in [2.45, 2.75) is 20.4 Å². The fourth-order valence-corrected chi connectivity index (χ4v) is 2.30. The second-order valence-electron chi connectivity index (χ2n) is 4.51. The number of imidazole rings is 1. The molecule has 18 heavy (non-hydrogen) atoms. The van der Waals surface area contributed by atoms with Gasteiger partial charge in [-0.2, -0.15) is 0 Å². The Hall–Kier alpha value is -1.81. The summed E-state index contributed by atoms with van der Waals surface area (Å²) in [5.74, 6) is 0.848. The topological polar surface area (TPSA) is 53.1 Å². The van der Waals surface area contributed by atoms with E-state index >= 15 is 0 Å². The molecule has 4 heteroatoms. The van der Waals surface area contributed by atoms with Crippen molar-refractivity contribution in [2.24, 2.45) is 12.8 Å². The van der Waals surface area contributed by atoms with Crippen LogP contribution in [0.15, 0.2) is 18.5 Å². The molecule has 1 aromatic heterocycles. The lowest BCUT2D eigenvalue weighted by Crippen LogP contribution is -2.05. The fraction of sp³-hybridized carbons (Fsp3) is 0.357. The molecular formula is C14H19N3O. The standard InChI is InChI=1S/C14H19N3O/c1-9-5-10(2)13(12(6-9)18-4)14-11(7-15)17(3)8-16-14/h5-6,8H,7,15H2,1-4H3. The number of methoxy groups -OCH3 is 1. The van der Waals surface area contributed by atoms with E-state index in [9.17, 15) is 0 Å². The molecule has 2 rings (SSSR count). The van der Waals surface area contributed by atoms with Crippen molar-refractivity contribution in [1.82, 2.24) is 9.55 Å². The van der Waals surface area contributed by atoms with Crippen molar-refractivity contribution in [1.29, 1.82) is 0 Å². The molecule has 0 radical (unpaired) electrons. The molecule has 0 aliphatic rings. The minimum absolute atomic E-state index is 0.461. The molecule has 0 amide bonds. The third-order valence-electron chi connectivity index (χ3n) is 3.15. The maximum Gasteiger partial charge on any atom is 0.128 e. The second-order valence-corrected chi connectivity index (χ2v) is 4.51. The van der Waals surface area contributed by atoms with Gasteiger partial charge >= 0.3 is 0 Å². The molecule has 96 valence electrons. The normalized spacial score (nSPS) is 10.7. The van der Waals surface area contributed by atoms with E-state index in [4.69, 9.17) is 10.5 Å². The Bertz CT molecular complexity index is 573. The predicted molar refractivity (Wildman–Crippen MR) is 72.6 cm³/mol. The van der Waals surface area contributed by atoms with Crippen LogP contribution < -0.4 is 10.5 Å². The maximum atomic E-state index is 5.80. The van der Waals surface area contributed by atoms with Gasteiger partial charge in [-0.25, -0.2) is 4.98 Å². The van der Waals surface area contributed by atoms with Crippen molar-refractivity contribution in [3.63, 3.8) is 0 Å². The summed E-state index contributed by atoms with van der Waals surface area (Å²) in [5, 5.41) is 0. The summed E-state index contributed by atoms with van der Waals surface area (Å²) >= 11 is 0. The molecule has 0 atom stereocenters. The van der Waals surface area contributed by atoms with Crippen molar-refractivity contribution in [3.8, 4) is 17.0 Å². The Balaban J connectivity index is 2.70. The molecule has 0 saturated heterocycles. The molecule has 1 aromatic carbocycles. The molecule has 2 aromatic rings. The van der Waals surface area contributed by atoms with Gasteiger partial charge in [-0.05, 0) is 31.0 Å². The van der Waals surface area contributed by atoms with Crippen LogP contribution in [-0.4, -0.2) is 16.7 Å². The molecule has 2 N–H and O–H groups in total. The number of hydrogen-bond acceptors (Lipinski definition) is 3. The van der Waals surface area contributed by atoms with Gasteiger partial charge in [0.25, 0.3) is 0 Å². The average Bonchev–Trinajstić information content (AvgIpc) is 2.69. The third-order valence-corrected chi connectivity index (χ3v) is 3.15. The van der Waals surface area contributed by atoms with Crippen LogP contribution in [-0.2, 0) is 13.6 Å². The first-order valence-electron chi connectivity index (χ1n) is 5.94. The zero-order valence-electron chi connectivity index (χ0n) is 11.3. The Morgan fingerprint density at radius 3 is 2.67 bits per heavy atom. The molecule has 0 saturated carbocycles. The van der Waals surface area contributed by atoms with Crippen molar-refractivity contribution < 1.29 is 4.74 Å². The highest BCUT2D eigenvalue weighted by molar-refractivity contribution is 5.73. The zero-order valence-corrected chi connectivity index (χ0v) is 11.3. The summed E-state index contributed by atoms with van der Waals surface area (Å²) < 4.78 is 7.43. The zero-order chi connectivity index (χ0) is 13.3. The fourth-order valence-electron chi connectivity index (χ4n) is 2.30. The molecule has 0 spiro atoms. The van der Waals surface area contributed by atoms with E-state index in [0.717, 1.165) is 28.3 Å². The van der Waals surface area contributed by atoms with Crippen molar-refractivity contribution in [2.75, 3.05) is 7.11 Å². The largest absolute Gasteiger partial charge is 0.496 e. The highest BCUT2D eigenvalue weighted by Gasteiger charge is 2.16. The van der Waals surface area contributed by atoms with E-state index in [1.165, 1.54) is 5.56 Å². The Kier molecular flexibility index (Phi) is 3.39. The summed E-state index contributed by atoms with van der Waals surface area (Å²) in [6, 6.07) is 4.16. The Morgan fingerprint density at radius 1 is 1.33 bits per heavy atom. The van der Waals surface area contributed by atoms with Crippen molar-refractivity contribution in [3.05, 3.63) is 35.3 Å². The smallest absolute Gasteiger partial charge is 0.128 e. The second kappa shape index (κ2) is 4.82. The molecule has 4 nitrogen and oxygen atoms in total. The first-order chi connectivity index (χ1) is 8.58. The van der Waals surface area contributed by atoms with Gasteiger partial charge in [0.15, 0.2) is 0 Å². The number of hydrogen-bond donors (Lipinski definition) is 1. The van der Waals surface area contributed by atoms with Gasteiger partial charge in [0.05, 0.1) is 24.8 Å². The molecule has 1 heterocycles. The molecule has 0 fully saturated rings. The van der Waals surface area contributed by atoms with Gasteiger partial charge in [-0.3, -0.25) is 0 Å². The quantitative estimate of drug-likeness (QED) is 0.901. The van der Waals surface area contributed by atoms with Crippen LogP contribution in [0.2, 0.25) is 0 Å². The summed E-state index contributed by atoms with van der Waals surface area (Å²) in [6.07, 6.45) is 1.79. The van der Waals surface area contributed by atoms with Crippen molar-refractivity contribution >= 4 is 0 Å². The maximum absolute atomic E-state index is 5.80. The number of ether oxygens (including phenoxy) is 1. The lowest BCUT2D eigenvalue weighted by molar-refractivity contribution is 0.415. The minimum Gasteiger partial charge on any atom is -0.496 e. The molecule has 0 unspecified atom stereocenters. The molecule has 0 bridgehead atoms. The predicted octanol–water partition coefficient (Wildman–Crippen LogP) is 2.17. The first-order valence-corrected chi connectivity index (χ1v) is 5.94. The van der Waals surface area contributed by atoms with Gasteiger partial charge in [-0.1, -0.05) is 6.07 Å². The summed E-state index contributed by atoms with van der Waals surface area (Å²) in [7, 11) is 3.64. The number of aromatic nitrogens is 2. The van der Waals surface area contributed by atoms with Gasteiger partial charge in [-0.15, -0.1) is 0 Å². The molecule has 0 aliphatic carbocycles. The van der Waals surface area contributed by atoms with E-state index < -0.39 is 0 Å². The van der Waals surface area contributed by atoms with E-state index in [0.29, 0.717) is 6.54 Å². The lowest BCUT2D eigenvalue weighted by Gasteiger charge is -2.13. The van der Waals surface area contributed by atoms with E-state index in [1.807, 2.05) is 17.7 Å². The minimum atomic E-state index is 0.461. The molecule has 0 aliphatic heterocycles. The van der Waals surface area contributed by atoms with E-state index in [1.54, 1.807) is 13.4 Å². The van der Waals surface area contributed by atoms with E-state index in [2.05, 4.69) is 24.9 Å². The summed E-state index contributed by atoms with van der Waals surface area (Å²) in [6.45, 7) is 4.59. The lowest BCUT2D eigenvalue weighted by atomic mass is 10.0. The van der Waals surface area contributed by atoms with Gasteiger partial charge in [0.1, 0.15) is 5.75 Å². The highest BCUT2D eigenvalue weighted by Crippen LogP contribution is 2.35. The van der Waals surface area contributed by atoms with E-state index in [-0.39, 0.29) is 0 Å². The van der Waals surface area contributed by atoms with Gasteiger partial charge < -0.3 is 15.0 Å². The van der Waals surface area contributed by atoms with Crippen LogP contribution >= 0.6 is 0 Å². The number of nitrogens with zero attached hydrogens (tertiary/aromatic N) is 2. The summed E-state index contributed by atoms with van der Waals surface area (Å²) in [5.41, 5.74) is 11.1. The van der Waals surface area contributed by atoms with Crippen LogP contribution in [0.4, 0.5) is 0 Å². The van der Waals surface area contributed by atoms with Crippen LogP contribution in [0, 0.1) is 13.8 Å². The van der Waals surface area contributed by atoms with Crippen LogP contribution in [0.1, 0.15) is 16.8 Å². The van der Waals surface area contributed by atoms with Gasteiger partial charge in [0.2, 0.25) is 0 Å². The number of rotatable bonds is 3. The Labute approximate surface area is 107 Å². The number of aryl methyl sites for hydroxylation is 3. The molecular weight excluding hydrogens is 226 g/mol. The Morgan fingerprint density at radius 2 is 2.06 bits per heavy atom. The average molecular weight is 245 g/mol. The third kappa shape index (κ3) is 1.99. The SMILES string of the molecule is COc1cc(C)cc(C)c1-c1ncn(C)c1CN. The monoisotopic (exact) mass is 245 g/mol. The first kappa shape index (κ1) is 12.6.